The third kappa shape index (κ3) is 3.67. The summed E-state index contributed by atoms with van der Waals surface area (Å²) in [6.07, 6.45) is 4.80. The lowest BCUT2D eigenvalue weighted by molar-refractivity contribution is -0.111. The first-order valence-electron chi connectivity index (χ1n) is 5.83. The maximum atomic E-state index is 11.8. The van der Waals surface area contributed by atoms with Crippen molar-refractivity contribution < 1.29 is 9.53 Å². The minimum absolute atomic E-state index is 0.249. The van der Waals surface area contributed by atoms with Crippen LogP contribution in [0.1, 0.15) is 5.56 Å². The van der Waals surface area contributed by atoms with E-state index in [9.17, 15) is 4.79 Å². The van der Waals surface area contributed by atoms with E-state index < -0.39 is 0 Å². The number of ether oxygens (including phenoxy) is 1. The van der Waals surface area contributed by atoms with Crippen LogP contribution in [-0.2, 0) is 4.79 Å². The van der Waals surface area contributed by atoms with Crippen LogP contribution < -0.4 is 10.1 Å². The van der Waals surface area contributed by atoms with E-state index in [0.717, 1.165) is 5.56 Å². The Morgan fingerprint density at radius 1 is 1.21 bits per heavy atom. The molecule has 0 aliphatic carbocycles. The number of hydrogen-bond donors (Lipinski definition) is 1. The van der Waals surface area contributed by atoms with Crippen LogP contribution in [-0.4, -0.2) is 18.0 Å². The summed E-state index contributed by atoms with van der Waals surface area (Å²) in [5.41, 5.74) is 0.964. The molecule has 2 aromatic rings. The van der Waals surface area contributed by atoms with E-state index in [1.807, 2.05) is 30.3 Å². The van der Waals surface area contributed by atoms with Gasteiger partial charge in [-0.15, -0.1) is 0 Å². The van der Waals surface area contributed by atoms with Crippen LogP contribution in [0.15, 0.2) is 54.7 Å². The second-order valence-electron chi connectivity index (χ2n) is 3.79. The molecule has 0 unspecified atom stereocenters. The van der Waals surface area contributed by atoms with Gasteiger partial charge in [-0.2, -0.15) is 0 Å². The fourth-order valence-corrected chi connectivity index (χ4v) is 1.54. The van der Waals surface area contributed by atoms with Gasteiger partial charge in [0, 0.05) is 12.3 Å². The molecule has 19 heavy (non-hydrogen) atoms. The van der Waals surface area contributed by atoms with Crippen molar-refractivity contribution in [2.24, 2.45) is 0 Å². The number of carbonyl (C=O) groups is 1. The topological polar surface area (TPSA) is 51.2 Å². The first-order chi connectivity index (χ1) is 9.29. The fourth-order valence-electron chi connectivity index (χ4n) is 1.54. The van der Waals surface area contributed by atoms with Gasteiger partial charge in [0.2, 0.25) is 5.91 Å². The SMILES string of the molecule is COc1cccnc1NC(=O)/C=C/c1ccccc1. The van der Waals surface area contributed by atoms with Gasteiger partial charge in [-0.3, -0.25) is 4.79 Å². The minimum atomic E-state index is -0.249. The lowest BCUT2D eigenvalue weighted by Crippen LogP contribution is -2.10. The van der Waals surface area contributed by atoms with Crippen molar-refractivity contribution >= 4 is 17.8 Å². The van der Waals surface area contributed by atoms with Gasteiger partial charge in [0.05, 0.1) is 7.11 Å². The molecule has 0 saturated heterocycles. The minimum Gasteiger partial charge on any atom is -0.493 e. The van der Waals surface area contributed by atoms with E-state index in [1.165, 1.54) is 13.2 Å². The summed E-state index contributed by atoms with van der Waals surface area (Å²) in [5, 5.41) is 2.67. The van der Waals surface area contributed by atoms with Gasteiger partial charge in [0.1, 0.15) is 0 Å². The normalized spacial score (nSPS) is 10.4. The molecule has 1 amide bonds. The third-order valence-corrected chi connectivity index (χ3v) is 2.46. The first-order valence-corrected chi connectivity index (χ1v) is 5.83. The Hall–Kier alpha value is -2.62. The number of pyridine rings is 1. The van der Waals surface area contributed by atoms with Crippen LogP contribution in [0.4, 0.5) is 5.82 Å². The molecular formula is C15H14N2O2. The zero-order valence-corrected chi connectivity index (χ0v) is 10.5. The molecule has 4 nitrogen and oxygen atoms in total. The number of carbonyl (C=O) groups excluding carboxylic acids is 1. The Labute approximate surface area is 111 Å². The Balaban J connectivity index is 2.04. The molecule has 0 aliphatic rings. The van der Waals surface area contributed by atoms with E-state index in [4.69, 9.17) is 4.74 Å². The van der Waals surface area contributed by atoms with Gasteiger partial charge in [0.15, 0.2) is 11.6 Å². The molecule has 96 valence electrons. The van der Waals surface area contributed by atoms with Crippen molar-refractivity contribution in [2.75, 3.05) is 12.4 Å². The fraction of sp³-hybridized carbons (Fsp3) is 0.0667. The van der Waals surface area contributed by atoms with Crippen molar-refractivity contribution in [2.45, 2.75) is 0 Å². The molecule has 0 fully saturated rings. The van der Waals surface area contributed by atoms with Crippen molar-refractivity contribution in [1.29, 1.82) is 0 Å². The maximum absolute atomic E-state index is 11.8. The largest absolute Gasteiger partial charge is 0.493 e. The summed E-state index contributed by atoms with van der Waals surface area (Å²) < 4.78 is 5.11. The highest BCUT2D eigenvalue weighted by atomic mass is 16.5. The van der Waals surface area contributed by atoms with Gasteiger partial charge in [-0.1, -0.05) is 30.3 Å². The number of nitrogens with zero attached hydrogens (tertiary/aromatic N) is 1. The average Bonchev–Trinajstić information content (AvgIpc) is 2.47. The molecule has 2 rings (SSSR count). The van der Waals surface area contributed by atoms with Gasteiger partial charge in [-0.05, 0) is 23.8 Å². The lowest BCUT2D eigenvalue weighted by atomic mass is 10.2. The van der Waals surface area contributed by atoms with Crippen LogP contribution in [0.25, 0.3) is 6.08 Å². The van der Waals surface area contributed by atoms with E-state index in [1.54, 1.807) is 24.4 Å². The van der Waals surface area contributed by atoms with Crippen molar-refractivity contribution in [3.05, 3.63) is 60.3 Å². The number of anilines is 1. The predicted molar refractivity (Wildman–Crippen MR) is 74.9 cm³/mol. The second kappa shape index (κ2) is 6.35. The Bertz CT molecular complexity index is 580. The second-order valence-corrected chi connectivity index (χ2v) is 3.79. The Morgan fingerprint density at radius 3 is 2.74 bits per heavy atom. The molecule has 4 heteroatoms. The van der Waals surface area contributed by atoms with E-state index >= 15 is 0 Å². The molecule has 0 aliphatic heterocycles. The van der Waals surface area contributed by atoms with E-state index in [-0.39, 0.29) is 5.91 Å². The molecule has 1 heterocycles. The molecule has 1 aromatic carbocycles. The van der Waals surface area contributed by atoms with Crippen LogP contribution in [0.2, 0.25) is 0 Å². The maximum Gasteiger partial charge on any atom is 0.249 e. The van der Waals surface area contributed by atoms with E-state index in [0.29, 0.717) is 11.6 Å². The molecule has 0 radical (unpaired) electrons. The highest BCUT2D eigenvalue weighted by Crippen LogP contribution is 2.19. The van der Waals surface area contributed by atoms with Crippen molar-refractivity contribution in [3.63, 3.8) is 0 Å². The summed E-state index contributed by atoms with van der Waals surface area (Å²) in [7, 11) is 1.53. The predicted octanol–water partition coefficient (Wildman–Crippen LogP) is 2.74. The van der Waals surface area contributed by atoms with Crippen LogP contribution in [0.5, 0.6) is 5.75 Å². The number of aromatic nitrogens is 1. The highest BCUT2D eigenvalue weighted by Gasteiger charge is 2.05. The van der Waals surface area contributed by atoms with Gasteiger partial charge < -0.3 is 10.1 Å². The lowest BCUT2D eigenvalue weighted by Gasteiger charge is -2.06. The zero-order valence-electron chi connectivity index (χ0n) is 10.5. The zero-order chi connectivity index (χ0) is 13.5. The average molecular weight is 254 g/mol. The number of methoxy groups -OCH3 is 1. The number of amides is 1. The third-order valence-electron chi connectivity index (χ3n) is 2.46. The Morgan fingerprint density at radius 2 is 2.00 bits per heavy atom. The summed E-state index contributed by atoms with van der Waals surface area (Å²) in [6.45, 7) is 0. The number of nitrogens with one attached hydrogen (secondary N) is 1. The summed E-state index contributed by atoms with van der Waals surface area (Å²) in [6, 6.07) is 13.1. The van der Waals surface area contributed by atoms with Crippen LogP contribution in [0, 0.1) is 0 Å². The smallest absolute Gasteiger partial charge is 0.249 e. The molecule has 1 N–H and O–H groups in total. The van der Waals surface area contributed by atoms with Crippen molar-refractivity contribution in [1.82, 2.24) is 4.98 Å². The van der Waals surface area contributed by atoms with Gasteiger partial charge >= 0.3 is 0 Å². The molecule has 0 atom stereocenters. The summed E-state index contributed by atoms with van der Waals surface area (Å²) in [5.74, 6) is 0.692. The Kier molecular flexibility index (Phi) is 4.29. The number of benzene rings is 1. The molecule has 0 spiro atoms. The summed E-state index contributed by atoms with van der Waals surface area (Å²) in [4.78, 5) is 15.8. The van der Waals surface area contributed by atoms with Gasteiger partial charge in [0.25, 0.3) is 0 Å². The van der Waals surface area contributed by atoms with Crippen LogP contribution >= 0.6 is 0 Å². The molecule has 0 bridgehead atoms. The molecule has 1 aromatic heterocycles. The standard InChI is InChI=1S/C15H14N2O2/c1-19-13-8-5-11-16-15(13)17-14(18)10-9-12-6-3-2-4-7-12/h2-11H,1H3,(H,16,17,18)/b10-9+. The van der Waals surface area contributed by atoms with E-state index in [2.05, 4.69) is 10.3 Å². The first kappa shape index (κ1) is 12.8. The van der Waals surface area contributed by atoms with Crippen LogP contribution in [0.3, 0.4) is 0 Å². The molecule has 0 saturated carbocycles. The van der Waals surface area contributed by atoms with Crippen molar-refractivity contribution in [3.8, 4) is 5.75 Å². The molecular weight excluding hydrogens is 240 g/mol. The monoisotopic (exact) mass is 254 g/mol. The highest BCUT2D eigenvalue weighted by molar-refractivity contribution is 6.02. The van der Waals surface area contributed by atoms with Gasteiger partial charge in [-0.25, -0.2) is 4.98 Å². The number of rotatable bonds is 4. The quantitative estimate of drug-likeness (QED) is 0.853. The summed E-state index contributed by atoms with van der Waals surface area (Å²) >= 11 is 0. The number of hydrogen-bond acceptors (Lipinski definition) is 3.